The summed E-state index contributed by atoms with van der Waals surface area (Å²) in [5.74, 6) is -0.931. The molecule has 0 radical (unpaired) electrons. The zero-order valence-corrected chi connectivity index (χ0v) is 21.3. The largest absolute Gasteiger partial charge is 1.00 e. The van der Waals surface area contributed by atoms with Gasteiger partial charge >= 0.3 is 51.4 Å². The Kier molecular flexibility index (Phi) is 27.1. The van der Waals surface area contributed by atoms with Crippen LogP contribution in [0.15, 0.2) is 0 Å². The number of aliphatic carboxylic acids is 1. The van der Waals surface area contributed by atoms with Crippen LogP contribution in [0.2, 0.25) is 0 Å². The van der Waals surface area contributed by atoms with E-state index in [1.807, 2.05) is 0 Å². The molecule has 150 valence electrons. The SMILES string of the molecule is CCCCCCCCCCN(CCCCCCCCCC)CC(=O)[O-].[K+]. The molecule has 0 amide bonds. The van der Waals surface area contributed by atoms with Crippen molar-refractivity contribution in [3.05, 3.63) is 0 Å². The molecule has 0 heterocycles. The van der Waals surface area contributed by atoms with Crippen molar-refractivity contribution in [3.8, 4) is 0 Å². The Balaban J connectivity index is 0. The van der Waals surface area contributed by atoms with E-state index in [0.717, 1.165) is 25.9 Å². The molecule has 0 aromatic heterocycles. The molecule has 0 aliphatic carbocycles. The van der Waals surface area contributed by atoms with Crippen LogP contribution in [0.4, 0.5) is 0 Å². The maximum Gasteiger partial charge on any atom is 1.00 e. The molecular weight excluding hydrogens is 349 g/mol. The molecule has 0 aromatic carbocycles. The van der Waals surface area contributed by atoms with Crippen molar-refractivity contribution in [3.63, 3.8) is 0 Å². The summed E-state index contributed by atoms with van der Waals surface area (Å²) >= 11 is 0. The summed E-state index contributed by atoms with van der Waals surface area (Å²) < 4.78 is 0. The molecular formula is C22H44KNO2. The monoisotopic (exact) mass is 393 g/mol. The van der Waals surface area contributed by atoms with Crippen LogP contribution >= 0.6 is 0 Å². The number of hydrogen-bond donors (Lipinski definition) is 0. The Bertz CT molecular complexity index is 267. The van der Waals surface area contributed by atoms with Crippen LogP contribution in [0.25, 0.3) is 0 Å². The average molecular weight is 394 g/mol. The zero-order chi connectivity index (χ0) is 18.6. The normalized spacial score (nSPS) is 10.9. The number of carboxylic acid groups (broad SMARTS) is 1. The third-order valence-corrected chi connectivity index (χ3v) is 5.01. The van der Waals surface area contributed by atoms with Crippen molar-refractivity contribution >= 4 is 5.97 Å². The second-order valence-electron chi connectivity index (χ2n) is 7.60. The number of carbonyl (C=O) groups is 1. The number of carboxylic acids is 1. The summed E-state index contributed by atoms with van der Waals surface area (Å²) in [6.07, 6.45) is 20.7. The van der Waals surface area contributed by atoms with Crippen molar-refractivity contribution in [1.29, 1.82) is 0 Å². The van der Waals surface area contributed by atoms with Gasteiger partial charge in [0.15, 0.2) is 0 Å². The molecule has 0 aliphatic rings. The molecule has 0 fully saturated rings. The van der Waals surface area contributed by atoms with E-state index in [2.05, 4.69) is 18.7 Å². The molecule has 0 spiro atoms. The van der Waals surface area contributed by atoms with Crippen LogP contribution < -0.4 is 56.5 Å². The molecule has 0 saturated heterocycles. The number of unbranched alkanes of at least 4 members (excludes halogenated alkanes) is 14. The molecule has 0 aliphatic heterocycles. The van der Waals surface area contributed by atoms with E-state index in [1.54, 1.807) is 0 Å². The van der Waals surface area contributed by atoms with Gasteiger partial charge in [0.1, 0.15) is 0 Å². The van der Waals surface area contributed by atoms with Gasteiger partial charge < -0.3 is 9.90 Å². The van der Waals surface area contributed by atoms with Crippen molar-refractivity contribution < 1.29 is 61.3 Å². The molecule has 26 heavy (non-hydrogen) atoms. The Morgan fingerprint density at radius 1 is 0.615 bits per heavy atom. The Morgan fingerprint density at radius 3 is 1.23 bits per heavy atom. The minimum Gasteiger partial charge on any atom is -0.549 e. The predicted molar refractivity (Wildman–Crippen MR) is 107 cm³/mol. The van der Waals surface area contributed by atoms with E-state index < -0.39 is 5.97 Å². The first-order valence-electron chi connectivity index (χ1n) is 11.1. The average Bonchev–Trinajstić information content (AvgIpc) is 2.58. The van der Waals surface area contributed by atoms with E-state index in [-0.39, 0.29) is 57.9 Å². The van der Waals surface area contributed by atoms with Crippen molar-refractivity contribution in [1.82, 2.24) is 4.90 Å². The first-order chi connectivity index (χ1) is 12.2. The summed E-state index contributed by atoms with van der Waals surface area (Å²) in [5, 5.41) is 10.9. The number of hydrogen-bond acceptors (Lipinski definition) is 3. The zero-order valence-electron chi connectivity index (χ0n) is 18.2. The smallest absolute Gasteiger partial charge is 0.549 e. The van der Waals surface area contributed by atoms with Crippen molar-refractivity contribution in [2.24, 2.45) is 0 Å². The van der Waals surface area contributed by atoms with Crippen LogP contribution in [0.1, 0.15) is 117 Å². The Labute approximate surface area is 206 Å². The van der Waals surface area contributed by atoms with Crippen LogP contribution in [-0.2, 0) is 4.79 Å². The molecule has 4 heteroatoms. The Morgan fingerprint density at radius 2 is 0.923 bits per heavy atom. The van der Waals surface area contributed by atoms with Gasteiger partial charge in [0.25, 0.3) is 0 Å². The third-order valence-electron chi connectivity index (χ3n) is 5.01. The van der Waals surface area contributed by atoms with E-state index >= 15 is 0 Å². The molecule has 0 saturated carbocycles. The van der Waals surface area contributed by atoms with Gasteiger partial charge in [0.2, 0.25) is 0 Å². The van der Waals surface area contributed by atoms with Gasteiger partial charge in [0, 0.05) is 6.54 Å². The summed E-state index contributed by atoms with van der Waals surface area (Å²) in [7, 11) is 0. The summed E-state index contributed by atoms with van der Waals surface area (Å²) in [5.41, 5.74) is 0. The van der Waals surface area contributed by atoms with Gasteiger partial charge in [-0.25, -0.2) is 0 Å². The van der Waals surface area contributed by atoms with E-state index in [1.165, 1.54) is 89.9 Å². The van der Waals surface area contributed by atoms with Gasteiger partial charge in [-0.15, -0.1) is 0 Å². The fourth-order valence-corrected chi connectivity index (χ4v) is 3.39. The van der Waals surface area contributed by atoms with Gasteiger partial charge in [-0.3, -0.25) is 4.90 Å². The Hall–Kier alpha value is 1.07. The summed E-state index contributed by atoms with van der Waals surface area (Å²) in [6, 6.07) is 0. The number of rotatable bonds is 20. The number of nitrogens with zero attached hydrogens (tertiary/aromatic N) is 1. The summed E-state index contributed by atoms with van der Waals surface area (Å²) in [4.78, 5) is 13.0. The topological polar surface area (TPSA) is 43.4 Å². The van der Waals surface area contributed by atoms with Crippen LogP contribution in [-0.4, -0.2) is 30.5 Å². The molecule has 0 N–H and O–H groups in total. The minimum absolute atomic E-state index is 0. The fourth-order valence-electron chi connectivity index (χ4n) is 3.39. The first kappa shape index (κ1) is 29.3. The molecule has 0 rings (SSSR count). The van der Waals surface area contributed by atoms with Gasteiger partial charge in [-0.05, 0) is 25.9 Å². The first-order valence-corrected chi connectivity index (χ1v) is 11.1. The molecule has 0 bridgehead atoms. The number of carbonyl (C=O) groups excluding carboxylic acids is 1. The standard InChI is InChI=1S/C22H45NO2.K/c1-3-5-7-9-11-13-15-17-19-23(21-22(24)25)20-18-16-14-12-10-8-6-4-2;/h3-21H2,1-2H3,(H,24,25);/q;+1/p-1. The molecule has 3 nitrogen and oxygen atoms in total. The predicted octanol–water partition coefficient (Wildman–Crippen LogP) is 2.32. The van der Waals surface area contributed by atoms with Gasteiger partial charge in [-0.2, -0.15) is 0 Å². The molecule has 0 unspecified atom stereocenters. The van der Waals surface area contributed by atoms with E-state index in [4.69, 9.17) is 0 Å². The molecule has 0 atom stereocenters. The fraction of sp³-hybridized carbons (Fsp3) is 0.955. The molecule has 0 aromatic rings. The van der Waals surface area contributed by atoms with Crippen molar-refractivity contribution in [2.45, 2.75) is 117 Å². The summed E-state index contributed by atoms with van der Waals surface area (Å²) in [6.45, 7) is 6.43. The van der Waals surface area contributed by atoms with Gasteiger partial charge in [0.05, 0.1) is 5.97 Å². The van der Waals surface area contributed by atoms with Crippen LogP contribution in [0, 0.1) is 0 Å². The van der Waals surface area contributed by atoms with Gasteiger partial charge in [-0.1, -0.05) is 104 Å². The quantitative estimate of drug-likeness (QED) is 0.235. The maximum absolute atomic E-state index is 10.9. The van der Waals surface area contributed by atoms with Crippen LogP contribution in [0.5, 0.6) is 0 Å². The van der Waals surface area contributed by atoms with Crippen LogP contribution in [0.3, 0.4) is 0 Å². The third kappa shape index (κ3) is 23.1. The second kappa shape index (κ2) is 24.1. The van der Waals surface area contributed by atoms with Crippen molar-refractivity contribution in [2.75, 3.05) is 19.6 Å². The van der Waals surface area contributed by atoms with E-state index in [9.17, 15) is 9.90 Å². The minimum atomic E-state index is -0.931. The second-order valence-corrected chi connectivity index (χ2v) is 7.60. The maximum atomic E-state index is 10.9. The van der Waals surface area contributed by atoms with E-state index in [0.29, 0.717) is 0 Å².